The van der Waals surface area contributed by atoms with Gasteiger partial charge in [0.2, 0.25) is 0 Å². The van der Waals surface area contributed by atoms with Gasteiger partial charge in [-0.25, -0.2) is 0 Å². The summed E-state index contributed by atoms with van der Waals surface area (Å²) in [5, 5.41) is 0. The van der Waals surface area contributed by atoms with Crippen LogP contribution in [0.2, 0.25) is 0 Å². The number of hydrogen-bond donors (Lipinski definition) is 0. The number of amides is 1. The van der Waals surface area contributed by atoms with Gasteiger partial charge >= 0.3 is 0 Å². The Labute approximate surface area is 106 Å². The Hall–Kier alpha value is -0.830. The van der Waals surface area contributed by atoms with Gasteiger partial charge in [-0.3, -0.25) is 4.79 Å². The molecule has 0 radical (unpaired) electrons. The first-order valence-corrected chi connectivity index (χ1v) is 6.30. The van der Waals surface area contributed by atoms with Crippen molar-refractivity contribution in [3.63, 3.8) is 0 Å². The van der Waals surface area contributed by atoms with Gasteiger partial charge in [0.1, 0.15) is 0 Å². The first-order valence-electron chi connectivity index (χ1n) is 5.38. The molecule has 1 amide bonds. The smallest absolute Gasteiger partial charge is 0.253 e. The van der Waals surface area contributed by atoms with E-state index in [1.165, 1.54) is 0 Å². The third-order valence-corrected chi connectivity index (χ3v) is 2.79. The summed E-state index contributed by atoms with van der Waals surface area (Å²) in [6, 6.07) is 5.97. The SMILES string of the molecule is Cc1ccc(C)c(C(=O)N(C)CC(C)Br)c1. The van der Waals surface area contributed by atoms with Crippen molar-refractivity contribution < 1.29 is 4.79 Å². The second-order valence-electron chi connectivity index (χ2n) is 4.28. The second kappa shape index (κ2) is 5.48. The van der Waals surface area contributed by atoms with Crippen LogP contribution in [0.4, 0.5) is 0 Å². The van der Waals surface area contributed by atoms with Crippen molar-refractivity contribution in [1.29, 1.82) is 0 Å². The minimum atomic E-state index is 0.0903. The highest BCUT2D eigenvalue weighted by Crippen LogP contribution is 2.13. The average molecular weight is 284 g/mol. The highest BCUT2D eigenvalue weighted by molar-refractivity contribution is 9.09. The Morgan fingerprint density at radius 3 is 2.62 bits per heavy atom. The molecule has 1 rings (SSSR count). The van der Waals surface area contributed by atoms with E-state index in [-0.39, 0.29) is 5.91 Å². The average Bonchev–Trinajstić information content (AvgIpc) is 2.19. The zero-order valence-electron chi connectivity index (χ0n) is 10.2. The third kappa shape index (κ3) is 3.34. The molecule has 0 fully saturated rings. The van der Waals surface area contributed by atoms with E-state index in [9.17, 15) is 4.79 Å². The molecule has 3 heteroatoms. The van der Waals surface area contributed by atoms with Crippen molar-refractivity contribution >= 4 is 21.8 Å². The number of carbonyl (C=O) groups is 1. The molecule has 1 aromatic rings. The maximum Gasteiger partial charge on any atom is 0.253 e. The molecular weight excluding hydrogens is 266 g/mol. The van der Waals surface area contributed by atoms with E-state index < -0.39 is 0 Å². The first kappa shape index (κ1) is 13.2. The largest absolute Gasteiger partial charge is 0.341 e. The summed E-state index contributed by atoms with van der Waals surface area (Å²) in [6.45, 7) is 6.72. The number of rotatable bonds is 3. The van der Waals surface area contributed by atoms with E-state index in [2.05, 4.69) is 15.9 Å². The van der Waals surface area contributed by atoms with Crippen LogP contribution in [0.25, 0.3) is 0 Å². The lowest BCUT2D eigenvalue weighted by Crippen LogP contribution is -2.31. The molecule has 0 bridgehead atoms. The normalized spacial score (nSPS) is 12.3. The lowest BCUT2D eigenvalue weighted by atomic mass is 10.0. The van der Waals surface area contributed by atoms with Crippen molar-refractivity contribution in [3.05, 3.63) is 34.9 Å². The van der Waals surface area contributed by atoms with Gasteiger partial charge < -0.3 is 4.90 Å². The van der Waals surface area contributed by atoms with Crippen LogP contribution in [-0.4, -0.2) is 29.2 Å². The van der Waals surface area contributed by atoms with Crippen LogP contribution in [0.5, 0.6) is 0 Å². The summed E-state index contributed by atoms with van der Waals surface area (Å²) in [7, 11) is 1.84. The van der Waals surface area contributed by atoms with Crippen LogP contribution >= 0.6 is 15.9 Å². The quantitative estimate of drug-likeness (QED) is 0.781. The molecule has 1 atom stereocenters. The van der Waals surface area contributed by atoms with E-state index in [1.54, 1.807) is 4.90 Å². The van der Waals surface area contributed by atoms with Crippen molar-refractivity contribution in [2.24, 2.45) is 0 Å². The van der Waals surface area contributed by atoms with Gasteiger partial charge in [0.15, 0.2) is 0 Å². The maximum atomic E-state index is 12.2. The van der Waals surface area contributed by atoms with Crippen LogP contribution < -0.4 is 0 Å². The highest BCUT2D eigenvalue weighted by Gasteiger charge is 2.15. The summed E-state index contributed by atoms with van der Waals surface area (Å²) < 4.78 is 0. The van der Waals surface area contributed by atoms with Gasteiger partial charge in [0, 0.05) is 24.0 Å². The lowest BCUT2D eigenvalue weighted by Gasteiger charge is -2.19. The van der Waals surface area contributed by atoms with Gasteiger partial charge in [-0.1, -0.05) is 40.5 Å². The molecule has 0 aromatic heterocycles. The summed E-state index contributed by atoms with van der Waals surface area (Å²) in [5.74, 6) is 0.0903. The second-order valence-corrected chi connectivity index (χ2v) is 5.85. The molecule has 1 aromatic carbocycles. The molecular formula is C13H18BrNO. The molecule has 0 spiro atoms. The minimum absolute atomic E-state index is 0.0903. The molecule has 0 aliphatic carbocycles. The predicted molar refractivity (Wildman–Crippen MR) is 71.3 cm³/mol. The zero-order valence-corrected chi connectivity index (χ0v) is 11.8. The number of benzene rings is 1. The third-order valence-electron chi connectivity index (χ3n) is 2.50. The highest BCUT2D eigenvalue weighted by atomic mass is 79.9. The number of alkyl halides is 1. The number of nitrogens with zero attached hydrogens (tertiary/aromatic N) is 1. The molecule has 0 saturated heterocycles. The number of aryl methyl sites for hydroxylation is 2. The molecule has 0 saturated carbocycles. The Kier molecular flexibility index (Phi) is 4.54. The number of halogens is 1. The van der Waals surface area contributed by atoms with Gasteiger partial charge in [-0.2, -0.15) is 0 Å². The number of hydrogen-bond acceptors (Lipinski definition) is 1. The zero-order chi connectivity index (χ0) is 12.3. The van der Waals surface area contributed by atoms with Gasteiger partial charge in [0.05, 0.1) is 0 Å². The monoisotopic (exact) mass is 283 g/mol. The van der Waals surface area contributed by atoms with Crippen molar-refractivity contribution in [1.82, 2.24) is 4.90 Å². The van der Waals surface area contributed by atoms with Gasteiger partial charge in [-0.05, 0) is 25.5 Å². The van der Waals surface area contributed by atoms with Crippen molar-refractivity contribution in [2.45, 2.75) is 25.6 Å². The predicted octanol–water partition coefficient (Wildman–Crippen LogP) is 3.16. The van der Waals surface area contributed by atoms with E-state index in [1.807, 2.05) is 46.0 Å². The van der Waals surface area contributed by atoms with Gasteiger partial charge in [0.25, 0.3) is 5.91 Å². The summed E-state index contributed by atoms with van der Waals surface area (Å²) >= 11 is 3.45. The standard InChI is InChI=1S/C13H18BrNO/c1-9-5-6-10(2)12(7-9)13(16)15(4)8-11(3)14/h5-7,11H,8H2,1-4H3. The summed E-state index contributed by atoms with van der Waals surface area (Å²) in [4.78, 5) is 14.2. The van der Waals surface area contributed by atoms with E-state index in [0.29, 0.717) is 11.4 Å². The van der Waals surface area contributed by atoms with Crippen molar-refractivity contribution in [3.8, 4) is 0 Å². The fourth-order valence-electron chi connectivity index (χ4n) is 1.63. The molecule has 0 N–H and O–H groups in total. The molecule has 88 valence electrons. The summed E-state index contributed by atoms with van der Waals surface area (Å²) in [6.07, 6.45) is 0. The van der Waals surface area contributed by atoms with Gasteiger partial charge in [-0.15, -0.1) is 0 Å². The van der Waals surface area contributed by atoms with E-state index >= 15 is 0 Å². The summed E-state index contributed by atoms with van der Waals surface area (Å²) in [5.41, 5.74) is 2.95. The van der Waals surface area contributed by atoms with Crippen LogP contribution in [0.15, 0.2) is 18.2 Å². The Morgan fingerprint density at radius 1 is 1.44 bits per heavy atom. The topological polar surface area (TPSA) is 20.3 Å². The Balaban J connectivity index is 2.91. The van der Waals surface area contributed by atoms with E-state index in [4.69, 9.17) is 0 Å². The van der Waals surface area contributed by atoms with E-state index in [0.717, 1.165) is 16.7 Å². The maximum absolute atomic E-state index is 12.2. The molecule has 1 unspecified atom stereocenters. The molecule has 0 aliphatic heterocycles. The molecule has 0 aliphatic rings. The van der Waals surface area contributed by atoms with Crippen LogP contribution in [0, 0.1) is 13.8 Å². The Morgan fingerprint density at radius 2 is 2.06 bits per heavy atom. The Bertz CT molecular complexity index is 388. The van der Waals surface area contributed by atoms with Crippen molar-refractivity contribution in [2.75, 3.05) is 13.6 Å². The molecule has 2 nitrogen and oxygen atoms in total. The fraction of sp³-hybridized carbons (Fsp3) is 0.462. The number of carbonyl (C=O) groups excluding carboxylic acids is 1. The minimum Gasteiger partial charge on any atom is -0.341 e. The van der Waals surface area contributed by atoms with Crippen LogP contribution in [0.3, 0.4) is 0 Å². The van der Waals surface area contributed by atoms with Crippen LogP contribution in [-0.2, 0) is 0 Å². The molecule has 0 heterocycles. The fourth-order valence-corrected chi connectivity index (χ4v) is 2.07. The lowest BCUT2D eigenvalue weighted by molar-refractivity contribution is 0.0796. The van der Waals surface area contributed by atoms with Crippen LogP contribution in [0.1, 0.15) is 28.4 Å². The molecule has 16 heavy (non-hydrogen) atoms. The first-order chi connectivity index (χ1) is 7.41.